The fraction of sp³-hybridized carbons (Fsp3) is 0.286. The van der Waals surface area contributed by atoms with Crippen LogP contribution in [0.3, 0.4) is 0 Å². The Kier molecular flexibility index (Phi) is 3.95. The van der Waals surface area contributed by atoms with E-state index in [1.807, 2.05) is 0 Å². The second-order valence-corrected chi connectivity index (χ2v) is 6.80. The van der Waals surface area contributed by atoms with Gasteiger partial charge in [0.15, 0.2) is 0 Å². The van der Waals surface area contributed by atoms with E-state index in [2.05, 4.69) is 90.7 Å². The zero-order chi connectivity index (χ0) is 16.5. The first kappa shape index (κ1) is 15.2. The van der Waals surface area contributed by atoms with E-state index in [9.17, 15) is 0 Å². The average molecular weight is 317 g/mol. The number of benzene rings is 2. The van der Waals surface area contributed by atoms with Gasteiger partial charge in [-0.25, -0.2) is 0 Å². The van der Waals surface area contributed by atoms with Gasteiger partial charge in [0.2, 0.25) is 0 Å². The van der Waals surface area contributed by atoms with Crippen LogP contribution in [0, 0.1) is 5.92 Å². The van der Waals surface area contributed by atoms with Crippen molar-refractivity contribution in [3.8, 4) is 0 Å². The highest BCUT2D eigenvalue weighted by molar-refractivity contribution is 6.07. The summed E-state index contributed by atoms with van der Waals surface area (Å²) in [4.78, 5) is 2.41. The summed E-state index contributed by atoms with van der Waals surface area (Å²) in [6.07, 6.45) is 2.29. The van der Waals surface area contributed by atoms with Gasteiger partial charge in [0.1, 0.15) is 0 Å². The Morgan fingerprint density at radius 1 is 0.958 bits per heavy atom. The maximum atomic E-state index is 4.94. The van der Waals surface area contributed by atoms with Gasteiger partial charge in [0.25, 0.3) is 0 Å². The number of hydrogen-bond acceptors (Lipinski definition) is 3. The van der Waals surface area contributed by atoms with Gasteiger partial charge in [-0.3, -0.25) is 5.01 Å². The van der Waals surface area contributed by atoms with Gasteiger partial charge >= 0.3 is 0 Å². The summed E-state index contributed by atoms with van der Waals surface area (Å²) in [5.41, 5.74) is 5.19. The molecule has 2 aliphatic heterocycles. The first-order valence-corrected chi connectivity index (χ1v) is 8.53. The maximum Gasteiger partial charge on any atom is 0.0813 e. The number of fused-ring (bicyclic) bond motifs is 1. The number of piperidine rings is 1. The zero-order valence-corrected chi connectivity index (χ0v) is 14.3. The van der Waals surface area contributed by atoms with Crippen molar-refractivity contribution in [2.75, 3.05) is 27.2 Å². The molecule has 2 heterocycles. The molecule has 0 radical (unpaired) electrons. The molecule has 0 amide bonds. The topological polar surface area (TPSA) is 18.8 Å². The molecule has 1 fully saturated rings. The van der Waals surface area contributed by atoms with Gasteiger partial charge in [0, 0.05) is 26.1 Å². The van der Waals surface area contributed by atoms with Gasteiger partial charge in [-0.2, -0.15) is 5.10 Å². The highest BCUT2D eigenvalue weighted by Gasteiger charge is 2.41. The van der Waals surface area contributed by atoms with Crippen molar-refractivity contribution in [1.29, 1.82) is 0 Å². The molecule has 24 heavy (non-hydrogen) atoms. The summed E-state index contributed by atoms with van der Waals surface area (Å²) < 4.78 is 0. The van der Waals surface area contributed by atoms with Crippen LogP contribution >= 0.6 is 0 Å². The van der Waals surface area contributed by atoms with Crippen molar-refractivity contribution in [2.45, 2.75) is 6.04 Å². The van der Waals surface area contributed by atoms with Crippen LogP contribution in [0.1, 0.15) is 17.2 Å². The highest BCUT2D eigenvalue weighted by Crippen LogP contribution is 2.39. The van der Waals surface area contributed by atoms with Crippen molar-refractivity contribution in [3.05, 3.63) is 77.4 Å². The molecule has 0 saturated carbocycles. The van der Waals surface area contributed by atoms with Crippen LogP contribution in [0.2, 0.25) is 0 Å². The molecular weight excluding hydrogens is 294 g/mol. The molecule has 0 aromatic heterocycles. The average Bonchev–Trinajstić information content (AvgIpc) is 2.93. The van der Waals surface area contributed by atoms with Crippen molar-refractivity contribution < 1.29 is 0 Å². The smallest absolute Gasteiger partial charge is 0.0813 e. The standard InChI is InChI=1S/C21H23N3/c1-23-14-18(13-16-9-5-3-6-10-16)20-19(15-23)21(24(2)22-20)17-11-7-4-8-12-17/h3-13,19,21H,14-15H2,1-2H3/b18-13+/t19-,21+/m1/s1. The second kappa shape index (κ2) is 6.25. The Bertz CT molecular complexity index is 764. The van der Waals surface area contributed by atoms with E-state index >= 15 is 0 Å². The Morgan fingerprint density at radius 3 is 2.33 bits per heavy atom. The highest BCUT2D eigenvalue weighted by atomic mass is 15.5. The molecule has 0 bridgehead atoms. The number of hydrogen-bond donors (Lipinski definition) is 0. The molecule has 4 rings (SSSR count). The van der Waals surface area contributed by atoms with E-state index < -0.39 is 0 Å². The van der Waals surface area contributed by atoms with Crippen LogP contribution in [-0.2, 0) is 0 Å². The predicted octanol–water partition coefficient (Wildman–Crippen LogP) is 3.67. The molecule has 1 saturated heterocycles. The lowest BCUT2D eigenvalue weighted by molar-refractivity contribution is 0.211. The van der Waals surface area contributed by atoms with E-state index in [0.717, 1.165) is 13.1 Å². The molecule has 3 heteroatoms. The Balaban J connectivity index is 1.71. The normalized spacial score (nSPS) is 25.7. The van der Waals surface area contributed by atoms with Gasteiger partial charge in [-0.1, -0.05) is 60.7 Å². The first-order chi connectivity index (χ1) is 11.7. The summed E-state index contributed by atoms with van der Waals surface area (Å²) in [7, 11) is 4.30. The molecule has 122 valence electrons. The minimum absolute atomic E-state index is 0.322. The third-order valence-electron chi connectivity index (χ3n) is 4.96. The summed E-state index contributed by atoms with van der Waals surface area (Å²) in [6, 6.07) is 21.6. The largest absolute Gasteiger partial charge is 0.301 e. The van der Waals surface area contributed by atoms with Crippen LogP contribution in [0.4, 0.5) is 0 Å². The number of likely N-dealkylation sites (N-methyl/N-ethyl adjacent to an activating group) is 1. The van der Waals surface area contributed by atoms with Crippen molar-refractivity contribution in [2.24, 2.45) is 11.0 Å². The van der Waals surface area contributed by atoms with E-state index in [4.69, 9.17) is 5.10 Å². The fourth-order valence-electron chi connectivity index (χ4n) is 3.95. The number of likely N-dealkylation sites (tertiary alicyclic amines) is 1. The van der Waals surface area contributed by atoms with E-state index in [1.54, 1.807) is 0 Å². The third kappa shape index (κ3) is 2.76. The van der Waals surface area contributed by atoms with Crippen LogP contribution in [0.5, 0.6) is 0 Å². The van der Waals surface area contributed by atoms with E-state index in [-0.39, 0.29) is 0 Å². The Morgan fingerprint density at radius 2 is 1.62 bits per heavy atom. The molecular formula is C21H23N3. The lowest BCUT2D eigenvalue weighted by atomic mass is 9.83. The molecule has 2 atom stereocenters. The third-order valence-corrected chi connectivity index (χ3v) is 4.96. The van der Waals surface area contributed by atoms with Gasteiger partial charge in [0.05, 0.1) is 11.8 Å². The zero-order valence-electron chi connectivity index (χ0n) is 14.3. The fourth-order valence-corrected chi connectivity index (χ4v) is 3.95. The molecule has 0 unspecified atom stereocenters. The molecule has 0 N–H and O–H groups in total. The summed E-state index contributed by atoms with van der Waals surface area (Å²) in [5, 5.41) is 7.08. The first-order valence-electron chi connectivity index (χ1n) is 8.53. The number of rotatable bonds is 2. The van der Waals surface area contributed by atoms with Crippen LogP contribution in [0.25, 0.3) is 6.08 Å². The summed E-state index contributed by atoms with van der Waals surface area (Å²) >= 11 is 0. The number of nitrogens with zero attached hydrogens (tertiary/aromatic N) is 3. The molecule has 2 aromatic carbocycles. The maximum absolute atomic E-state index is 4.94. The SMILES string of the molecule is CN1C/C(=C\c2ccccc2)C2=NN(C)[C@@H](c3ccccc3)[C@@H]2C1. The van der Waals surface area contributed by atoms with E-state index in [0.29, 0.717) is 12.0 Å². The molecule has 0 spiro atoms. The second-order valence-electron chi connectivity index (χ2n) is 6.80. The van der Waals surface area contributed by atoms with Gasteiger partial charge in [-0.15, -0.1) is 0 Å². The van der Waals surface area contributed by atoms with Crippen molar-refractivity contribution in [1.82, 2.24) is 9.91 Å². The Labute approximate surface area is 143 Å². The van der Waals surface area contributed by atoms with Crippen molar-refractivity contribution >= 4 is 11.8 Å². The van der Waals surface area contributed by atoms with Gasteiger partial charge < -0.3 is 4.90 Å². The van der Waals surface area contributed by atoms with E-state index in [1.165, 1.54) is 22.4 Å². The number of hydrazone groups is 1. The lowest BCUT2D eigenvalue weighted by Crippen LogP contribution is -2.41. The lowest BCUT2D eigenvalue weighted by Gasteiger charge is -2.34. The summed E-state index contributed by atoms with van der Waals surface area (Å²) in [5.74, 6) is 0.422. The van der Waals surface area contributed by atoms with Gasteiger partial charge in [-0.05, 0) is 29.8 Å². The quantitative estimate of drug-likeness (QED) is 0.841. The van der Waals surface area contributed by atoms with Crippen molar-refractivity contribution in [3.63, 3.8) is 0 Å². The minimum atomic E-state index is 0.322. The minimum Gasteiger partial charge on any atom is -0.301 e. The molecule has 2 aliphatic rings. The van der Waals surface area contributed by atoms with Crippen LogP contribution in [-0.4, -0.2) is 42.8 Å². The van der Waals surface area contributed by atoms with Crippen LogP contribution < -0.4 is 0 Å². The predicted molar refractivity (Wildman–Crippen MR) is 99.8 cm³/mol. The van der Waals surface area contributed by atoms with Crippen LogP contribution in [0.15, 0.2) is 71.3 Å². The molecule has 3 nitrogen and oxygen atoms in total. The monoisotopic (exact) mass is 317 g/mol. The molecule has 0 aliphatic carbocycles. The summed E-state index contributed by atoms with van der Waals surface area (Å²) in [6.45, 7) is 2.01. The molecule has 2 aromatic rings. The Hall–Kier alpha value is -2.39.